The van der Waals surface area contributed by atoms with Crippen LogP contribution >= 0.6 is 0 Å². The first kappa shape index (κ1) is 19.0. The molecule has 0 aliphatic carbocycles. The first-order valence-corrected chi connectivity index (χ1v) is 10.1. The minimum atomic E-state index is -0.180. The lowest BCUT2D eigenvalue weighted by molar-refractivity contribution is -0.122. The molecule has 0 saturated carbocycles. The molecule has 2 aliphatic rings. The number of hydrogen-bond acceptors (Lipinski definition) is 5. The van der Waals surface area contributed by atoms with Gasteiger partial charge in [0.25, 0.3) is 0 Å². The van der Waals surface area contributed by atoms with Crippen molar-refractivity contribution in [1.29, 1.82) is 0 Å². The Labute approximate surface area is 166 Å². The highest BCUT2D eigenvalue weighted by molar-refractivity contribution is 5.77. The van der Waals surface area contributed by atoms with E-state index in [-0.39, 0.29) is 17.6 Å². The third-order valence-corrected chi connectivity index (χ3v) is 6.21. The Hall–Kier alpha value is -2.34. The van der Waals surface area contributed by atoms with Crippen molar-refractivity contribution in [3.05, 3.63) is 46.8 Å². The maximum atomic E-state index is 12.8. The highest BCUT2D eigenvalue weighted by atomic mass is 16.5. The van der Waals surface area contributed by atoms with Crippen molar-refractivity contribution in [3.8, 4) is 5.75 Å². The number of ether oxygens (including phenoxy) is 1. The largest absolute Gasteiger partial charge is 0.487 e. The van der Waals surface area contributed by atoms with E-state index in [0.717, 1.165) is 60.7 Å². The van der Waals surface area contributed by atoms with Crippen LogP contribution in [0.1, 0.15) is 54.3 Å². The van der Waals surface area contributed by atoms with Crippen molar-refractivity contribution in [2.24, 2.45) is 0 Å². The second-order valence-corrected chi connectivity index (χ2v) is 8.25. The van der Waals surface area contributed by atoms with Crippen LogP contribution in [0.15, 0.2) is 28.8 Å². The molecule has 0 bridgehead atoms. The molecule has 1 fully saturated rings. The second-order valence-electron chi connectivity index (χ2n) is 8.25. The van der Waals surface area contributed by atoms with Crippen LogP contribution in [0, 0.1) is 13.8 Å². The monoisotopic (exact) mass is 383 g/mol. The zero-order valence-electron chi connectivity index (χ0n) is 17.0. The molecule has 1 spiro atoms. The molecule has 1 saturated heterocycles. The predicted molar refractivity (Wildman–Crippen MR) is 106 cm³/mol. The number of aromatic nitrogens is 1. The van der Waals surface area contributed by atoms with Crippen molar-refractivity contribution in [2.75, 3.05) is 20.1 Å². The number of carbonyl (C=O) groups is 1. The van der Waals surface area contributed by atoms with E-state index in [1.807, 2.05) is 32.0 Å². The van der Waals surface area contributed by atoms with Crippen molar-refractivity contribution >= 4 is 5.91 Å². The summed E-state index contributed by atoms with van der Waals surface area (Å²) in [6, 6.07) is 8.10. The van der Waals surface area contributed by atoms with E-state index in [9.17, 15) is 4.79 Å². The van der Waals surface area contributed by atoms with Crippen LogP contribution in [0.2, 0.25) is 0 Å². The Morgan fingerprint density at radius 2 is 2.04 bits per heavy atom. The molecule has 3 heterocycles. The van der Waals surface area contributed by atoms with Gasteiger partial charge in [-0.1, -0.05) is 23.4 Å². The lowest BCUT2D eigenvalue weighted by atomic mass is 9.80. The molecule has 1 aromatic heterocycles. The Bertz CT molecular complexity index is 833. The number of para-hydroxylation sites is 1. The van der Waals surface area contributed by atoms with Gasteiger partial charge in [0.05, 0.1) is 11.7 Å². The highest BCUT2D eigenvalue weighted by Crippen LogP contribution is 2.44. The van der Waals surface area contributed by atoms with Crippen molar-refractivity contribution in [1.82, 2.24) is 15.4 Å². The summed E-state index contributed by atoms with van der Waals surface area (Å²) in [6.07, 6.45) is 3.88. The zero-order chi connectivity index (χ0) is 19.7. The molecule has 1 unspecified atom stereocenters. The Balaban J connectivity index is 1.47. The number of piperidine rings is 1. The van der Waals surface area contributed by atoms with Crippen LogP contribution < -0.4 is 10.1 Å². The molecular weight excluding hydrogens is 354 g/mol. The van der Waals surface area contributed by atoms with Gasteiger partial charge >= 0.3 is 0 Å². The van der Waals surface area contributed by atoms with Crippen molar-refractivity contribution < 1.29 is 14.1 Å². The molecule has 0 radical (unpaired) electrons. The van der Waals surface area contributed by atoms with E-state index in [2.05, 4.69) is 28.5 Å². The third-order valence-electron chi connectivity index (χ3n) is 6.21. The van der Waals surface area contributed by atoms with Gasteiger partial charge in [-0.2, -0.15) is 0 Å². The third kappa shape index (κ3) is 3.78. The average molecular weight is 383 g/mol. The zero-order valence-corrected chi connectivity index (χ0v) is 17.0. The fourth-order valence-corrected chi connectivity index (χ4v) is 4.44. The molecule has 28 heavy (non-hydrogen) atoms. The minimum absolute atomic E-state index is 0.00877. The first-order valence-electron chi connectivity index (χ1n) is 10.1. The molecule has 1 N–H and O–H groups in total. The van der Waals surface area contributed by atoms with E-state index in [0.29, 0.717) is 12.8 Å². The van der Waals surface area contributed by atoms with E-state index >= 15 is 0 Å². The van der Waals surface area contributed by atoms with E-state index in [1.54, 1.807) is 0 Å². The van der Waals surface area contributed by atoms with E-state index in [1.165, 1.54) is 0 Å². The summed E-state index contributed by atoms with van der Waals surface area (Å²) in [7, 11) is 2.15. The predicted octanol–water partition coefficient (Wildman–Crippen LogP) is 3.33. The summed E-state index contributed by atoms with van der Waals surface area (Å²) in [6.45, 7) is 5.86. The number of aryl methyl sites for hydroxylation is 2. The fourth-order valence-electron chi connectivity index (χ4n) is 4.44. The number of likely N-dealkylation sites (tertiary alicyclic amines) is 1. The normalized spacial score (nSPS) is 21.2. The van der Waals surface area contributed by atoms with Gasteiger partial charge in [0.15, 0.2) is 0 Å². The number of carbonyl (C=O) groups excluding carboxylic acids is 1. The van der Waals surface area contributed by atoms with Crippen LogP contribution in [0.25, 0.3) is 0 Å². The summed E-state index contributed by atoms with van der Waals surface area (Å²) in [5.74, 6) is 1.77. The summed E-state index contributed by atoms with van der Waals surface area (Å²) in [5.41, 5.74) is 2.81. The molecule has 1 atom stereocenters. The van der Waals surface area contributed by atoms with Gasteiger partial charge in [0.2, 0.25) is 5.91 Å². The minimum Gasteiger partial charge on any atom is -0.487 e. The van der Waals surface area contributed by atoms with Crippen LogP contribution in [0.4, 0.5) is 0 Å². The number of benzene rings is 1. The van der Waals surface area contributed by atoms with E-state index in [4.69, 9.17) is 9.26 Å². The van der Waals surface area contributed by atoms with Crippen molar-refractivity contribution in [2.45, 2.75) is 57.6 Å². The average Bonchev–Trinajstić information content (AvgIpc) is 3.00. The number of rotatable bonds is 4. The summed E-state index contributed by atoms with van der Waals surface area (Å²) in [4.78, 5) is 15.1. The molecule has 2 aromatic rings. The number of hydrogen-bond donors (Lipinski definition) is 1. The summed E-state index contributed by atoms with van der Waals surface area (Å²) >= 11 is 0. The second kappa shape index (κ2) is 7.59. The Morgan fingerprint density at radius 1 is 1.29 bits per heavy atom. The summed E-state index contributed by atoms with van der Waals surface area (Å²) in [5, 5.41) is 7.25. The van der Waals surface area contributed by atoms with Crippen LogP contribution in [-0.4, -0.2) is 41.7 Å². The van der Waals surface area contributed by atoms with Gasteiger partial charge in [-0.15, -0.1) is 0 Å². The van der Waals surface area contributed by atoms with Crippen molar-refractivity contribution in [3.63, 3.8) is 0 Å². The molecular formula is C22H29N3O3. The molecule has 150 valence electrons. The summed E-state index contributed by atoms with van der Waals surface area (Å²) < 4.78 is 11.7. The van der Waals surface area contributed by atoms with Crippen LogP contribution in [0.5, 0.6) is 5.75 Å². The quantitative estimate of drug-likeness (QED) is 0.877. The smallest absolute Gasteiger partial charge is 0.220 e. The Morgan fingerprint density at radius 3 is 2.75 bits per heavy atom. The molecule has 1 aromatic carbocycles. The molecule has 2 aliphatic heterocycles. The standard InChI is InChI=1S/C22H29N3O3/c1-15-17(16(2)28-24-15)8-9-21(26)23-19-14-22(10-12-25(3)13-11-22)27-20-7-5-4-6-18(19)20/h4-7,19H,8-14H2,1-3H3,(H,23,26). The Kier molecular flexibility index (Phi) is 5.15. The molecule has 4 rings (SSSR count). The maximum Gasteiger partial charge on any atom is 0.220 e. The van der Waals surface area contributed by atoms with E-state index < -0.39 is 0 Å². The fraction of sp³-hybridized carbons (Fsp3) is 0.545. The van der Waals surface area contributed by atoms with Gasteiger partial charge in [-0.3, -0.25) is 4.79 Å². The van der Waals surface area contributed by atoms with Gasteiger partial charge in [-0.05, 0) is 46.2 Å². The topological polar surface area (TPSA) is 67.6 Å². The SMILES string of the molecule is Cc1noc(C)c1CCC(=O)NC1CC2(CCN(C)CC2)Oc2ccccc21. The lowest BCUT2D eigenvalue weighted by Crippen LogP contribution is -2.51. The number of amides is 1. The first-order chi connectivity index (χ1) is 13.5. The van der Waals surface area contributed by atoms with Gasteiger partial charge < -0.3 is 19.5 Å². The van der Waals surface area contributed by atoms with Gasteiger partial charge in [0.1, 0.15) is 17.1 Å². The van der Waals surface area contributed by atoms with Gasteiger partial charge in [-0.25, -0.2) is 0 Å². The number of nitrogens with one attached hydrogen (secondary N) is 1. The van der Waals surface area contributed by atoms with Gasteiger partial charge in [0, 0.05) is 37.1 Å². The number of nitrogens with zero attached hydrogens (tertiary/aromatic N) is 2. The number of fused-ring (bicyclic) bond motifs is 1. The molecule has 6 nitrogen and oxygen atoms in total. The maximum absolute atomic E-state index is 12.8. The van der Waals surface area contributed by atoms with Crippen LogP contribution in [-0.2, 0) is 11.2 Å². The molecule has 6 heteroatoms. The highest BCUT2D eigenvalue weighted by Gasteiger charge is 2.43. The van der Waals surface area contributed by atoms with Crippen LogP contribution in [0.3, 0.4) is 0 Å². The molecule has 1 amide bonds. The lowest BCUT2D eigenvalue weighted by Gasteiger charge is -2.46.